The molecule has 0 saturated carbocycles. The molecular weight excluding hydrogens is 186 g/mol. The van der Waals surface area contributed by atoms with Gasteiger partial charge in [0.2, 0.25) is 0 Å². The van der Waals surface area contributed by atoms with E-state index in [1.807, 2.05) is 30.6 Å². The first-order valence-corrected chi connectivity index (χ1v) is 4.69. The average molecular weight is 194 g/mol. The zero-order valence-corrected chi connectivity index (χ0v) is 7.94. The summed E-state index contributed by atoms with van der Waals surface area (Å²) in [5.41, 5.74) is 3.22. The van der Waals surface area contributed by atoms with Crippen molar-refractivity contribution in [1.82, 2.24) is 9.97 Å². The predicted molar refractivity (Wildman–Crippen MR) is 58.8 cm³/mol. The molecule has 0 bridgehead atoms. The van der Waals surface area contributed by atoms with Crippen LogP contribution in [0.2, 0.25) is 0 Å². The minimum atomic E-state index is 0.864. The lowest BCUT2D eigenvalue weighted by Gasteiger charge is -1.97. The second kappa shape index (κ2) is 3.15. The quantitative estimate of drug-likeness (QED) is 0.708. The number of anilines is 1. The lowest BCUT2D eigenvalue weighted by molar-refractivity contribution is 1.29. The van der Waals surface area contributed by atoms with E-state index in [0.717, 1.165) is 22.5 Å². The van der Waals surface area contributed by atoms with Crippen LogP contribution in [-0.4, -0.2) is 9.97 Å². The molecule has 1 aliphatic rings. The fourth-order valence-corrected chi connectivity index (χ4v) is 1.57. The fourth-order valence-electron chi connectivity index (χ4n) is 1.57. The monoisotopic (exact) mass is 194 g/mol. The van der Waals surface area contributed by atoms with E-state index >= 15 is 0 Å². The minimum Gasteiger partial charge on any atom is -0.264 e. The molecule has 2 aromatic rings. The van der Waals surface area contributed by atoms with Gasteiger partial charge in [0.05, 0.1) is 6.20 Å². The summed E-state index contributed by atoms with van der Waals surface area (Å²) in [5, 5.41) is 2.95. The fraction of sp³-hybridized carbons (Fsp3) is 0. The van der Waals surface area contributed by atoms with Crippen LogP contribution in [0.5, 0.6) is 0 Å². The molecule has 0 unspecified atom stereocenters. The Balaban J connectivity index is 2.11. The summed E-state index contributed by atoms with van der Waals surface area (Å²) in [5.74, 6) is 0.864. The van der Waals surface area contributed by atoms with E-state index in [4.69, 9.17) is 0 Å². The van der Waals surface area contributed by atoms with E-state index < -0.39 is 0 Å². The van der Waals surface area contributed by atoms with E-state index in [0.29, 0.717) is 0 Å². The van der Waals surface area contributed by atoms with Crippen molar-refractivity contribution in [2.45, 2.75) is 0 Å². The lowest BCUT2D eigenvalue weighted by atomic mass is 10.1. The number of rotatable bonds is 1. The summed E-state index contributed by atoms with van der Waals surface area (Å²) < 4.78 is 0. The Morgan fingerprint density at radius 2 is 2.20 bits per heavy atom. The third kappa shape index (κ3) is 1.35. The molecule has 70 valence electrons. The van der Waals surface area contributed by atoms with Crippen LogP contribution < -0.4 is 5.32 Å². The average Bonchev–Trinajstić information content (AvgIpc) is 2.77. The van der Waals surface area contributed by atoms with Crippen LogP contribution in [0.3, 0.4) is 0 Å². The van der Waals surface area contributed by atoms with Crippen molar-refractivity contribution >= 4 is 11.9 Å². The second-order valence-corrected chi connectivity index (χ2v) is 3.32. The van der Waals surface area contributed by atoms with Gasteiger partial charge in [-0.15, -0.1) is 0 Å². The van der Waals surface area contributed by atoms with Crippen LogP contribution in [0, 0.1) is 6.20 Å². The molecule has 0 aromatic carbocycles. The maximum Gasteiger partial charge on any atom is 0.293 e. The molecule has 2 aromatic heterocycles. The topological polar surface area (TPSA) is 37.8 Å². The van der Waals surface area contributed by atoms with Crippen molar-refractivity contribution in [3.05, 3.63) is 48.6 Å². The Morgan fingerprint density at radius 3 is 3.07 bits per heavy atom. The maximum atomic E-state index is 4.30. The molecule has 0 spiro atoms. The zero-order valence-electron chi connectivity index (χ0n) is 7.94. The zero-order chi connectivity index (χ0) is 10.1. The van der Waals surface area contributed by atoms with E-state index in [-0.39, 0.29) is 0 Å². The summed E-state index contributed by atoms with van der Waals surface area (Å²) >= 11 is 0. The number of nitrogens with zero attached hydrogens (tertiary/aromatic N) is 2. The van der Waals surface area contributed by atoms with Crippen molar-refractivity contribution in [2.75, 3.05) is 5.32 Å². The molecule has 0 amide bonds. The van der Waals surface area contributed by atoms with Gasteiger partial charge in [-0.1, -0.05) is 6.07 Å². The number of hydrogen-bond donors (Lipinski definition) is 1. The molecule has 1 N–H and O–H groups in total. The maximum absolute atomic E-state index is 4.30. The third-order valence-corrected chi connectivity index (χ3v) is 2.33. The normalized spacial score (nSPS) is 11.7. The van der Waals surface area contributed by atoms with Crippen molar-refractivity contribution < 1.29 is 0 Å². The highest BCUT2D eigenvalue weighted by Crippen LogP contribution is 2.25. The summed E-state index contributed by atoms with van der Waals surface area (Å²) in [6.07, 6.45) is 10.2. The van der Waals surface area contributed by atoms with Gasteiger partial charge in [-0.25, -0.2) is 0 Å². The number of pyridine rings is 2. The standard InChI is InChI=1S/C12H8N3/c1-2-10(7-13-4-1)11-6-9-3-5-14-12(9)15-8-11/h1-4,6-8H,(H,14,15)/q+1. The smallest absolute Gasteiger partial charge is 0.264 e. The Morgan fingerprint density at radius 1 is 1.20 bits per heavy atom. The molecule has 3 rings (SSSR count). The number of fused-ring (bicyclic) bond motifs is 1. The van der Waals surface area contributed by atoms with Gasteiger partial charge < -0.3 is 0 Å². The van der Waals surface area contributed by atoms with Crippen molar-refractivity contribution in [2.24, 2.45) is 0 Å². The van der Waals surface area contributed by atoms with Crippen LogP contribution in [0.25, 0.3) is 17.2 Å². The molecule has 0 radical (unpaired) electrons. The highest BCUT2D eigenvalue weighted by atomic mass is 15.0. The molecular formula is C12H8N3+. The van der Waals surface area contributed by atoms with Gasteiger partial charge in [0.15, 0.2) is 5.56 Å². The van der Waals surface area contributed by atoms with Crippen molar-refractivity contribution in [3.63, 3.8) is 0 Å². The van der Waals surface area contributed by atoms with Crippen molar-refractivity contribution in [3.8, 4) is 11.1 Å². The van der Waals surface area contributed by atoms with Gasteiger partial charge in [0.25, 0.3) is 5.82 Å². The van der Waals surface area contributed by atoms with Gasteiger partial charge in [0, 0.05) is 29.6 Å². The van der Waals surface area contributed by atoms with Crippen LogP contribution in [0.15, 0.2) is 36.8 Å². The van der Waals surface area contributed by atoms with Crippen LogP contribution in [-0.2, 0) is 0 Å². The summed E-state index contributed by atoms with van der Waals surface area (Å²) in [7, 11) is 0. The molecule has 3 heterocycles. The molecule has 1 aliphatic heterocycles. The molecule has 0 atom stereocenters. The highest BCUT2D eigenvalue weighted by molar-refractivity contribution is 5.74. The van der Waals surface area contributed by atoms with Crippen molar-refractivity contribution in [1.29, 1.82) is 0 Å². The highest BCUT2D eigenvalue weighted by Gasteiger charge is 2.18. The summed E-state index contributed by atoms with van der Waals surface area (Å²) in [6.45, 7) is 0. The second-order valence-electron chi connectivity index (χ2n) is 3.32. The van der Waals surface area contributed by atoms with Crippen LogP contribution in [0.1, 0.15) is 5.56 Å². The Bertz CT molecular complexity index is 518. The van der Waals surface area contributed by atoms with E-state index in [9.17, 15) is 0 Å². The van der Waals surface area contributed by atoms with E-state index in [2.05, 4.69) is 27.6 Å². The minimum absolute atomic E-state index is 0.864. The van der Waals surface area contributed by atoms with Gasteiger partial charge in [-0.3, -0.25) is 4.98 Å². The molecule has 15 heavy (non-hydrogen) atoms. The van der Waals surface area contributed by atoms with Crippen LogP contribution in [0.4, 0.5) is 5.82 Å². The first kappa shape index (κ1) is 8.09. The largest absolute Gasteiger partial charge is 0.293 e. The summed E-state index contributed by atoms with van der Waals surface area (Å²) in [6, 6.07) is 6.02. The third-order valence-electron chi connectivity index (χ3n) is 2.33. The number of hydrogen-bond acceptors (Lipinski definition) is 3. The number of aromatic nitrogens is 2. The molecule has 3 nitrogen and oxygen atoms in total. The van der Waals surface area contributed by atoms with E-state index in [1.165, 1.54) is 0 Å². The van der Waals surface area contributed by atoms with Gasteiger partial charge >= 0.3 is 0 Å². The Hall–Kier alpha value is -2.25. The van der Waals surface area contributed by atoms with Gasteiger partial charge in [0.1, 0.15) is 12.3 Å². The lowest BCUT2D eigenvalue weighted by Crippen LogP contribution is -1.89. The van der Waals surface area contributed by atoms with Crippen LogP contribution >= 0.6 is 0 Å². The molecule has 3 heteroatoms. The van der Waals surface area contributed by atoms with E-state index in [1.54, 1.807) is 6.20 Å². The Labute approximate surface area is 87.5 Å². The van der Waals surface area contributed by atoms with Gasteiger partial charge in [-0.2, -0.15) is 10.3 Å². The SMILES string of the molecule is [C+]1=Cc2cc(-c3cccnc3)cnc2N1. The first-order chi connectivity index (χ1) is 7.43. The van der Waals surface area contributed by atoms with Gasteiger partial charge in [-0.05, 0) is 6.07 Å². The Kier molecular flexibility index (Phi) is 1.70. The molecule has 0 fully saturated rings. The first-order valence-electron chi connectivity index (χ1n) is 4.69. The molecule has 0 saturated heterocycles. The summed E-state index contributed by atoms with van der Waals surface area (Å²) in [4.78, 5) is 8.39. The molecule has 0 aliphatic carbocycles. The number of nitrogens with one attached hydrogen (secondary N) is 1. The predicted octanol–water partition coefficient (Wildman–Crippen LogP) is 2.34.